The molecule has 2 heterocycles. The average molecular weight is 210 g/mol. The first kappa shape index (κ1) is 9.80. The number of aromatic nitrogens is 1. The summed E-state index contributed by atoms with van der Waals surface area (Å²) < 4.78 is 11.9. The van der Waals surface area contributed by atoms with Gasteiger partial charge in [-0.15, -0.1) is 0 Å². The van der Waals surface area contributed by atoms with E-state index in [2.05, 4.69) is 10.3 Å². The molecule has 0 aromatic carbocycles. The SMILES string of the molecule is O=[S@@](Cc1cccnc1)[C@H]1CCNC1. The van der Waals surface area contributed by atoms with Crippen LogP contribution in [0.1, 0.15) is 12.0 Å². The number of nitrogens with one attached hydrogen (secondary N) is 1. The Labute approximate surface area is 86.4 Å². The van der Waals surface area contributed by atoms with Crippen LogP contribution in [0, 0.1) is 0 Å². The van der Waals surface area contributed by atoms with Gasteiger partial charge < -0.3 is 5.32 Å². The molecule has 1 N–H and O–H groups in total. The first-order chi connectivity index (χ1) is 6.86. The summed E-state index contributed by atoms with van der Waals surface area (Å²) in [6.07, 6.45) is 4.57. The molecule has 0 radical (unpaired) electrons. The van der Waals surface area contributed by atoms with E-state index < -0.39 is 10.8 Å². The Hall–Kier alpha value is -0.740. The van der Waals surface area contributed by atoms with Crippen molar-refractivity contribution in [3.05, 3.63) is 30.1 Å². The van der Waals surface area contributed by atoms with Crippen LogP contribution in [-0.4, -0.2) is 27.5 Å². The predicted octanol–water partition coefficient (Wildman–Crippen LogP) is 0.692. The van der Waals surface area contributed by atoms with Crippen molar-refractivity contribution in [2.45, 2.75) is 17.4 Å². The lowest BCUT2D eigenvalue weighted by Crippen LogP contribution is -2.19. The summed E-state index contributed by atoms with van der Waals surface area (Å²) >= 11 is 0. The van der Waals surface area contributed by atoms with Crippen molar-refractivity contribution in [1.29, 1.82) is 0 Å². The second-order valence-corrected chi connectivity index (χ2v) is 5.22. The molecule has 1 aliphatic heterocycles. The molecule has 1 aliphatic rings. The van der Waals surface area contributed by atoms with Crippen molar-refractivity contribution in [2.75, 3.05) is 13.1 Å². The van der Waals surface area contributed by atoms with Crippen molar-refractivity contribution < 1.29 is 4.21 Å². The van der Waals surface area contributed by atoms with Crippen molar-refractivity contribution in [2.24, 2.45) is 0 Å². The minimum absolute atomic E-state index is 0.329. The molecule has 0 amide bonds. The fourth-order valence-electron chi connectivity index (χ4n) is 1.62. The van der Waals surface area contributed by atoms with Crippen molar-refractivity contribution in [1.82, 2.24) is 10.3 Å². The molecule has 2 atom stereocenters. The maximum absolute atomic E-state index is 11.9. The fourth-order valence-corrected chi connectivity index (χ4v) is 3.04. The van der Waals surface area contributed by atoms with Gasteiger partial charge in [0.25, 0.3) is 0 Å². The van der Waals surface area contributed by atoms with Gasteiger partial charge in [0, 0.05) is 35.0 Å². The van der Waals surface area contributed by atoms with Gasteiger partial charge in [-0.2, -0.15) is 0 Å². The second-order valence-electron chi connectivity index (χ2n) is 3.50. The van der Waals surface area contributed by atoms with Crippen molar-refractivity contribution >= 4 is 10.8 Å². The minimum atomic E-state index is -0.749. The lowest BCUT2D eigenvalue weighted by atomic mass is 10.3. The van der Waals surface area contributed by atoms with Gasteiger partial charge >= 0.3 is 0 Å². The van der Waals surface area contributed by atoms with Gasteiger partial charge in [0.15, 0.2) is 0 Å². The molecule has 0 aliphatic carbocycles. The van der Waals surface area contributed by atoms with E-state index in [1.165, 1.54) is 0 Å². The molecule has 76 valence electrons. The first-order valence-electron chi connectivity index (χ1n) is 4.83. The van der Waals surface area contributed by atoms with E-state index in [-0.39, 0.29) is 0 Å². The minimum Gasteiger partial charge on any atom is -0.315 e. The second kappa shape index (κ2) is 4.66. The van der Waals surface area contributed by atoms with E-state index in [4.69, 9.17) is 0 Å². The third kappa shape index (κ3) is 2.39. The Morgan fingerprint density at radius 3 is 3.21 bits per heavy atom. The maximum Gasteiger partial charge on any atom is 0.0504 e. The van der Waals surface area contributed by atoms with Crippen LogP contribution in [0.25, 0.3) is 0 Å². The molecule has 1 saturated heterocycles. The van der Waals surface area contributed by atoms with E-state index in [0.717, 1.165) is 25.1 Å². The smallest absolute Gasteiger partial charge is 0.0504 e. The third-order valence-electron chi connectivity index (χ3n) is 2.42. The van der Waals surface area contributed by atoms with Gasteiger partial charge in [0.1, 0.15) is 0 Å². The molecule has 0 saturated carbocycles. The van der Waals surface area contributed by atoms with Crippen LogP contribution in [0.4, 0.5) is 0 Å². The van der Waals surface area contributed by atoms with Crippen LogP contribution >= 0.6 is 0 Å². The van der Waals surface area contributed by atoms with Gasteiger partial charge in [0.05, 0.1) is 5.75 Å². The standard InChI is InChI=1S/C10H14N2OS/c13-14(10-3-5-12-7-10)8-9-2-1-4-11-6-9/h1-2,4,6,10,12H,3,5,7-8H2/t10-,14-/m0/s1. The molecule has 0 bridgehead atoms. The summed E-state index contributed by atoms with van der Waals surface area (Å²) in [6, 6.07) is 3.87. The highest BCUT2D eigenvalue weighted by molar-refractivity contribution is 7.84. The molecule has 1 fully saturated rings. The Kier molecular flexibility index (Phi) is 3.26. The van der Waals surface area contributed by atoms with Crippen LogP contribution in [0.3, 0.4) is 0 Å². The summed E-state index contributed by atoms with van der Waals surface area (Å²) in [5, 5.41) is 3.56. The molecular weight excluding hydrogens is 196 g/mol. The maximum atomic E-state index is 11.9. The number of nitrogens with zero attached hydrogens (tertiary/aromatic N) is 1. The Balaban J connectivity index is 1.94. The average Bonchev–Trinajstić information content (AvgIpc) is 2.72. The molecular formula is C10H14N2OS. The van der Waals surface area contributed by atoms with Gasteiger partial charge in [-0.1, -0.05) is 6.07 Å². The number of rotatable bonds is 3. The van der Waals surface area contributed by atoms with Crippen LogP contribution in [0.5, 0.6) is 0 Å². The molecule has 1 aromatic rings. The third-order valence-corrected chi connectivity index (χ3v) is 4.18. The zero-order valence-corrected chi connectivity index (χ0v) is 8.80. The van der Waals surface area contributed by atoms with Gasteiger partial charge in [-0.25, -0.2) is 0 Å². The molecule has 4 heteroatoms. The highest BCUT2D eigenvalue weighted by Gasteiger charge is 2.20. The Morgan fingerprint density at radius 2 is 2.57 bits per heavy atom. The fraction of sp³-hybridized carbons (Fsp3) is 0.500. The van der Waals surface area contributed by atoms with Gasteiger partial charge in [-0.05, 0) is 24.6 Å². The van der Waals surface area contributed by atoms with E-state index in [1.807, 2.05) is 12.1 Å². The normalized spacial score (nSPS) is 23.6. The van der Waals surface area contributed by atoms with Crippen molar-refractivity contribution in [3.63, 3.8) is 0 Å². The molecule has 0 unspecified atom stereocenters. The zero-order valence-electron chi connectivity index (χ0n) is 7.98. The highest BCUT2D eigenvalue weighted by Crippen LogP contribution is 2.11. The number of hydrogen-bond acceptors (Lipinski definition) is 3. The molecule has 14 heavy (non-hydrogen) atoms. The van der Waals surface area contributed by atoms with Crippen molar-refractivity contribution in [3.8, 4) is 0 Å². The zero-order chi connectivity index (χ0) is 9.80. The summed E-state index contributed by atoms with van der Waals surface area (Å²) in [6.45, 7) is 1.90. The van der Waals surface area contributed by atoms with E-state index >= 15 is 0 Å². The predicted molar refractivity (Wildman–Crippen MR) is 57.4 cm³/mol. The monoisotopic (exact) mass is 210 g/mol. The highest BCUT2D eigenvalue weighted by atomic mass is 32.2. The quantitative estimate of drug-likeness (QED) is 0.798. The Bertz CT molecular complexity index is 309. The topological polar surface area (TPSA) is 42.0 Å². The summed E-state index contributed by atoms with van der Waals surface area (Å²) in [5.41, 5.74) is 1.07. The number of pyridine rings is 1. The lowest BCUT2D eigenvalue weighted by molar-refractivity contribution is 0.672. The molecule has 2 rings (SSSR count). The first-order valence-corrected chi connectivity index (χ1v) is 6.21. The van der Waals surface area contributed by atoms with Crippen LogP contribution in [0.2, 0.25) is 0 Å². The van der Waals surface area contributed by atoms with E-state index in [9.17, 15) is 4.21 Å². The molecule has 0 spiro atoms. The van der Waals surface area contributed by atoms with Gasteiger partial charge in [0.2, 0.25) is 0 Å². The van der Waals surface area contributed by atoms with Crippen LogP contribution in [-0.2, 0) is 16.6 Å². The van der Waals surface area contributed by atoms with E-state index in [0.29, 0.717) is 11.0 Å². The summed E-state index contributed by atoms with van der Waals surface area (Å²) in [4.78, 5) is 4.01. The van der Waals surface area contributed by atoms with E-state index in [1.54, 1.807) is 12.4 Å². The number of hydrogen-bond donors (Lipinski definition) is 1. The molecule has 3 nitrogen and oxygen atoms in total. The lowest BCUT2D eigenvalue weighted by Gasteiger charge is -2.07. The van der Waals surface area contributed by atoms with Gasteiger partial charge in [-0.3, -0.25) is 9.19 Å². The largest absolute Gasteiger partial charge is 0.315 e. The Morgan fingerprint density at radius 1 is 1.64 bits per heavy atom. The van der Waals surface area contributed by atoms with Crippen LogP contribution < -0.4 is 5.32 Å². The summed E-state index contributed by atoms with van der Waals surface area (Å²) in [7, 11) is -0.749. The summed E-state index contributed by atoms with van der Waals surface area (Å²) in [5.74, 6) is 0.639. The molecule has 1 aromatic heterocycles. The van der Waals surface area contributed by atoms with Crippen LogP contribution in [0.15, 0.2) is 24.5 Å².